The number of nitrogens with zero attached hydrogens (tertiary/aromatic N) is 3. The Morgan fingerprint density at radius 1 is 1.24 bits per heavy atom. The number of rotatable bonds is 3. The fourth-order valence-electron chi connectivity index (χ4n) is 2.77. The predicted molar refractivity (Wildman–Crippen MR) is 89.2 cm³/mol. The average Bonchev–Trinajstić information content (AvgIpc) is 2.53. The Morgan fingerprint density at radius 2 is 2.00 bits per heavy atom. The van der Waals surface area contributed by atoms with Crippen LogP contribution in [0, 0.1) is 0 Å². The van der Waals surface area contributed by atoms with E-state index in [1.165, 1.54) is 0 Å². The van der Waals surface area contributed by atoms with Gasteiger partial charge in [0.25, 0.3) is 0 Å². The van der Waals surface area contributed by atoms with Gasteiger partial charge in [0.15, 0.2) is 6.29 Å². The second-order valence-corrected chi connectivity index (χ2v) is 6.19. The van der Waals surface area contributed by atoms with Gasteiger partial charge < -0.3 is 9.80 Å². The first-order valence-electron chi connectivity index (χ1n) is 7.24. The normalized spacial score (nSPS) is 16.4. The average molecular weight is 348 g/mol. The van der Waals surface area contributed by atoms with Crippen LogP contribution in [0.5, 0.6) is 0 Å². The Hall–Kier alpha value is -1.46. The summed E-state index contributed by atoms with van der Waals surface area (Å²) in [7, 11) is 0. The maximum absolute atomic E-state index is 11.4. The van der Waals surface area contributed by atoms with E-state index in [0.717, 1.165) is 60.2 Å². The number of carbonyl (C=O) groups excluding carboxylic acids is 1. The smallest absolute Gasteiger partial charge is 0.153 e. The van der Waals surface area contributed by atoms with E-state index in [9.17, 15) is 4.79 Å². The molecule has 0 aliphatic carbocycles. The number of piperazine rings is 1. The first-order chi connectivity index (χ1) is 10.2. The van der Waals surface area contributed by atoms with Crippen LogP contribution in [0.4, 0.5) is 5.82 Å². The van der Waals surface area contributed by atoms with Gasteiger partial charge in [-0.1, -0.05) is 22.9 Å². The molecule has 1 aromatic carbocycles. The van der Waals surface area contributed by atoms with Gasteiger partial charge in [0.05, 0.1) is 11.1 Å². The first kappa shape index (κ1) is 14.5. The number of aromatic nitrogens is 1. The molecule has 4 nitrogen and oxygen atoms in total. The molecule has 1 aromatic heterocycles. The lowest BCUT2D eigenvalue weighted by Crippen LogP contribution is -2.46. The molecular formula is C16H18BrN3O. The lowest BCUT2D eigenvalue weighted by atomic mass is 10.1. The van der Waals surface area contributed by atoms with Crippen molar-refractivity contribution in [2.75, 3.05) is 37.6 Å². The Bertz CT molecular complexity index is 666. The van der Waals surface area contributed by atoms with Crippen LogP contribution in [0.1, 0.15) is 17.3 Å². The van der Waals surface area contributed by atoms with Crippen LogP contribution in [0.3, 0.4) is 0 Å². The van der Waals surface area contributed by atoms with Gasteiger partial charge in [-0.05, 0) is 30.8 Å². The van der Waals surface area contributed by atoms with Crippen molar-refractivity contribution in [3.8, 4) is 0 Å². The van der Waals surface area contributed by atoms with Crippen LogP contribution >= 0.6 is 15.9 Å². The molecule has 0 N–H and O–H groups in total. The maximum Gasteiger partial charge on any atom is 0.153 e. The van der Waals surface area contributed by atoms with Gasteiger partial charge in [-0.15, -0.1) is 0 Å². The van der Waals surface area contributed by atoms with Gasteiger partial charge >= 0.3 is 0 Å². The Labute approximate surface area is 132 Å². The molecule has 0 spiro atoms. The van der Waals surface area contributed by atoms with Crippen molar-refractivity contribution >= 4 is 38.9 Å². The minimum atomic E-state index is 0.672. The van der Waals surface area contributed by atoms with Crippen LogP contribution < -0.4 is 4.90 Å². The highest BCUT2D eigenvalue weighted by atomic mass is 79.9. The van der Waals surface area contributed by atoms with Gasteiger partial charge in [-0.2, -0.15) is 0 Å². The van der Waals surface area contributed by atoms with Crippen LogP contribution in [0.25, 0.3) is 10.9 Å². The third-order valence-corrected chi connectivity index (χ3v) is 4.52. The highest BCUT2D eigenvalue weighted by Gasteiger charge is 2.19. The topological polar surface area (TPSA) is 36.4 Å². The zero-order valence-corrected chi connectivity index (χ0v) is 13.6. The second kappa shape index (κ2) is 6.12. The Balaban J connectivity index is 1.97. The highest BCUT2D eigenvalue weighted by molar-refractivity contribution is 9.10. The molecule has 0 radical (unpaired) electrons. The Kier molecular flexibility index (Phi) is 4.22. The van der Waals surface area contributed by atoms with Crippen molar-refractivity contribution in [2.24, 2.45) is 0 Å². The molecule has 2 heterocycles. The van der Waals surface area contributed by atoms with E-state index in [-0.39, 0.29) is 0 Å². The lowest BCUT2D eigenvalue weighted by molar-refractivity contribution is 0.112. The molecule has 5 heteroatoms. The number of hydrogen-bond donors (Lipinski definition) is 0. The van der Waals surface area contributed by atoms with Crippen molar-refractivity contribution in [3.05, 3.63) is 34.3 Å². The molecule has 0 amide bonds. The minimum Gasteiger partial charge on any atom is -0.353 e. The van der Waals surface area contributed by atoms with E-state index < -0.39 is 0 Å². The molecule has 21 heavy (non-hydrogen) atoms. The summed E-state index contributed by atoms with van der Waals surface area (Å²) in [5.74, 6) is 0.815. The van der Waals surface area contributed by atoms with Gasteiger partial charge in [0, 0.05) is 36.0 Å². The molecule has 1 aliphatic rings. The third-order valence-electron chi connectivity index (χ3n) is 4.03. The fourth-order valence-corrected chi connectivity index (χ4v) is 3.15. The minimum absolute atomic E-state index is 0.672. The molecule has 0 saturated carbocycles. The van der Waals surface area contributed by atoms with E-state index in [2.05, 4.69) is 32.7 Å². The SMILES string of the molecule is CCN1CCN(c2nc3ccc(Br)cc3cc2C=O)CC1. The van der Waals surface area contributed by atoms with Gasteiger partial charge in [-0.25, -0.2) is 4.98 Å². The largest absolute Gasteiger partial charge is 0.353 e. The molecule has 1 aliphatic heterocycles. The summed E-state index contributed by atoms with van der Waals surface area (Å²) >= 11 is 3.46. The standard InChI is InChI=1S/C16H18BrN3O/c1-2-19-5-7-20(8-6-19)16-13(11-21)9-12-10-14(17)3-4-15(12)18-16/h3-4,9-11H,2,5-8H2,1H3. The summed E-state index contributed by atoms with van der Waals surface area (Å²) in [6.45, 7) is 7.14. The van der Waals surface area contributed by atoms with Gasteiger partial charge in [0.1, 0.15) is 5.82 Å². The van der Waals surface area contributed by atoms with Crippen LogP contribution in [0.2, 0.25) is 0 Å². The number of benzene rings is 1. The first-order valence-corrected chi connectivity index (χ1v) is 8.03. The quantitative estimate of drug-likeness (QED) is 0.800. The summed E-state index contributed by atoms with van der Waals surface area (Å²) in [5, 5.41) is 0.988. The summed E-state index contributed by atoms with van der Waals surface area (Å²) in [6, 6.07) is 7.89. The summed E-state index contributed by atoms with van der Waals surface area (Å²) in [4.78, 5) is 20.8. The number of carbonyl (C=O) groups is 1. The molecule has 0 atom stereocenters. The predicted octanol–water partition coefficient (Wildman–Crippen LogP) is 2.95. The van der Waals surface area contributed by atoms with E-state index in [1.807, 2.05) is 24.3 Å². The maximum atomic E-state index is 11.4. The number of likely N-dealkylation sites (N-methyl/N-ethyl adjacent to an activating group) is 1. The Morgan fingerprint density at radius 3 is 2.67 bits per heavy atom. The van der Waals surface area contributed by atoms with E-state index >= 15 is 0 Å². The van der Waals surface area contributed by atoms with Gasteiger partial charge in [0.2, 0.25) is 0 Å². The van der Waals surface area contributed by atoms with Crippen molar-refractivity contribution in [3.63, 3.8) is 0 Å². The summed E-state index contributed by atoms with van der Waals surface area (Å²) < 4.78 is 0.998. The van der Waals surface area contributed by atoms with Crippen LogP contribution in [0.15, 0.2) is 28.7 Å². The third kappa shape index (κ3) is 2.94. The van der Waals surface area contributed by atoms with E-state index in [4.69, 9.17) is 4.98 Å². The van der Waals surface area contributed by atoms with Crippen molar-refractivity contribution < 1.29 is 4.79 Å². The fraction of sp³-hybridized carbons (Fsp3) is 0.375. The molecule has 110 valence electrons. The van der Waals surface area contributed by atoms with Crippen LogP contribution in [-0.4, -0.2) is 48.9 Å². The van der Waals surface area contributed by atoms with Gasteiger partial charge in [-0.3, -0.25) is 4.79 Å². The summed E-state index contributed by atoms with van der Waals surface area (Å²) in [6.07, 6.45) is 0.912. The molecule has 2 aromatic rings. The van der Waals surface area contributed by atoms with E-state index in [0.29, 0.717) is 5.56 Å². The molecule has 0 unspecified atom stereocenters. The van der Waals surface area contributed by atoms with Crippen molar-refractivity contribution in [1.29, 1.82) is 0 Å². The number of halogens is 1. The molecular weight excluding hydrogens is 330 g/mol. The highest BCUT2D eigenvalue weighted by Crippen LogP contribution is 2.25. The molecule has 1 fully saturated rings. The zero-order chi connectivity index (χ0) is 14.8. The summed E-state index contributed by atoms with van der Waals surface area (Å²) in [5.41, 5.74) is 1.60. The number of pyridine rings is 1. The zero-order valence-electron chi connectivity index (χ0n) is 12.1. The lowest BCUT2D eigenvalue weighted by Gasteiger charge is -2.35. The molecule has 0 bridgehead atoms. The second-order valence-electron chi connectivity index (χ2n) is 5.28. The number of anilines is 1. The number of fused-ring (bicyclic) bond motifs is 1. The number of aldehydes is 1. The molecule has 3 rings (SSSR count). The van der Waals surface area contributed by atoms with Crippen molar-refractivity contribution in [1.82, 2.24) is 9.88 Å². The van der Waals surface area contributed by atoms with Crippen LogP contribution in [-0.2, 0) is 0 Å². The molecule has 1 saturated heterocycles. The number of hydrogen-bond acceptors (Lipinski definition) is 4. The van der Waals surface area contributed by atoms with Crippen molar-refractivity contribution in [2.45, 2.75) is 6.92 Å². The monoisotopic (exact) mass is 347 g/mol. The van der Waals surface area contributed by atoms with E-state index in [1.54, 1.807) is 0 Å².